The van der Waals surface area contributed by atoms with Crippen LogP contribution in [-0.4, -0.2) is 101 Å². The van der Waals surface area contributed by atoms with E-state index < -0.39 is 6.04 Å². The smallest absolute Gasteiger partial charge is 0.322 e. The Bertz CT molecular complexity index is 1600. The van der Waals surface area contributed by atoms with E-state index >= 15 is 0 Å². The number of para-hydroxylation sites is 1. The Hall–Kier alpha value is -4.12. The predicted octanol–water partition coefficient (Wildman–Crippen LogP) is 4.54. The number of H-pyrrole nitrogens is 1. The number of carbonyl (C=O) groups is 3. The van der Waals surface area contributed by atoms with E-state index in [9.17, 15) is 14.4 Å². The zero-order valence-electron chi connectivity index (χ0n) is 28.2. The maximum Gasteiger partial charge on any atom is 0.322 e. The molecule has 256 valence electrons. The summed E-state index contributed by atoms with van der Waals surface area (Å²) in [5, 5.41) is 18.1. The van der Waals surface area contributed by atoms with E-state index in [4.69, 9.17) is 0 Å². The zero-order valence-corrected chi connectivity index (χ0v) is 28.2. The summed E-state index contributed by atoms with van der Waals surface area (Å²) in [6, 6.07) is 11.3. The summed E-state index contributed by atoms with van der Waals surface area (Å²) in [4.78, 5) is 46.9. The molecule has 1 aromatic heterocycles. The number of aryl methyl sites for hydroxylation is 1. The summed E-state index contributed by atoms with van der Waals surface area (Å²) in [5.41, 5.74) is 5.23. The highest BCUT2D eigenvalue weighted by atomic mass is 16.2. The van der Waals surface area contributed by atoms with Crippen molar-refractivity contribution in [3.05, 3.63) is 59.3 Å². The molecule has 3 aromatic rings. The van der Waals surface area contributed by atoms with Crippen molar-refractivity contribution in [1.82, 2.24) is 35.5 Å². The van der Waals surface area contributed by atoms with Gasteiger partial charge in [-0.25, -0.2) is 9.59 Å². The third-order valence-electron chi connectivity index (χ3n) is 11.3. The van der Waals surface area contributed by atoms with Crippen molar-refractivity contribution in [3.8, 4) is 0 Å². The van der Waals surface area contributed by atoms with Crippen molar-refractivity contribution in [2.75, 3.05) is 51.1 Å². The Labute approximate surface area is 283 Å². The molecule has 5 amide bonds. The lowest BCUT2D eigenvalue weighted by molar-refractivity contribution is -0.135. The number of hydrogen-bond donors (Lipinski definition) is 4. The number of carbonyl (C=O) groups excluding carboxylic acids is 3. The number of piperidine rings is 3. The minimum atomic E-state index is -0.658. The molecule has 1 unspecified atom stereocenters. The van der Waals surface area contributed by atoms with Crippen LogP contribution in [0.4, 0.5) is 15.3 Å². The van der Waals surface area contributed by atoms with Gasteiger partial charge in [-0.1, -0.05) is 31.2 Å². The van der Waals surface area contributed by atoms with E-state index in [1.807, 2.05) is 39.1 Å². The van der Waals surface area contributed by atoms with Gasteiger partial charge in [0.25, 0.3) is 0 Å². The largest absolute Gasteiger partial charge is 0.341 e. The van der Waals surface area contributed by atoms with Crippen molar-refractivity contribution in [3.63, 3.8) is 0 Å². The van der Waals surface area contributed by atoms with Gasteiger partial charge in [0.15, 0.2) is 0 Å². The molecule has 0 aliphatic carbocycles. The van der Waals surface area contributed by atoms with Crippen LogP contribution in [0, 0.1) is 11.8 Å². The van der Waals surface area contributed by atoms with E-state index in [0.717, 1.165) is 91.1 Å². The summed E-state index contributed by atoms with van der Waals surface area (Å²) in [5.74, 6) is 1.42. The molecule has 0 bridgehead atoms. The van der Waals surface area contributed by atoms with Crippen molar-refractivity contribution >= 4 is 34.6 Å². The Balaban J connectivity index is 1.01. The molecule has 0 spiro atoms. The van der Waals surface area contributed by atoms with Gasteiger partial charge in [-0.3, -0.25) is 9.89 Å². The standard InChI is InChI=1S/C37H50N8O3/c1-2-26-21-25(22-30-24-39-42-34(26)30)23-33(35(46)43-16-9-28(10-17-43)27-7-14-38-15-8-27)41-36(47)44-18-12-31(13-19-44)45-20-11-29-5-3-4-6-32(29)40-37(45)48/h3-6,21-22,24,27-28,31,33,38H,2,7-20,23H2,1H3,(H,39,42)(H,40,48)(H,41,47). The Morgan fingerprint density at radius 2 is 1.67 bits per heavy atom. The maximum atomic E-state index is 14.2. The minimum absolute atomic E-state index is 0.00754. The van der Waals surface area contributed by atoms with E-state index in [-0.39, 0.29) is 24.0 Å². The van der Waals surface area contributed by atoms with E-state index in [2.05, 4.69) is 51.3 Å². The minimum Gasteiger partial charge on any atom is -0.341 e. The van der Waals surface area contributed by atoms with Gasteiger partial charge in [-0.15, -0.1) is 0 Å². The fraction of sp³-hybridized carbons (Fsp3) is 0.568. The van der Waals surface area contributed by atoms with Gasteiger partial charge in [-0.05, 0) is 105 Å². The fourth-order valence-electron chi connectivity index (χ4n) is 8.52. The number of fused-ring (bicyclic) bond motifs is 2. The molecule has 48 heavy (non-hydrogen) atoms. The molecule has 4 aliphatic heterocycles. The second kappa shape index (κ2) is 14.6. The van der Waals surface area contributed by atoms with Gasteiger partial charge in [-0.2, -0.15) is 5.10 Å². The lowest BCUT2D eigenvalue weighted by Gasteiger charge is -2.40. The van der Waals surface area contributed by atoms with Gasteiger partial charge >= 0.3 is 12.1 Å². The van der Waals surface area contributed by atoms with Gasteiger partial charge in [0, 0.05) is 56.3 Å². The topological polar surface area (TPSA) is 126 Å². The van der Waals surface area contributed by atoms with E-state index in [1.165, 1.54) is 12.8 Å². The number of anilines is 1. The highest BCUT2D eigenvalue weighted by Gasteiger charge is 2.35. The van der Waals surface area contributed by atoms with Crippen molar-refractivity contribution in [2.24, 2.45) is 11.8 Å². The Kier molecular flexibility index (Phi) is 9.83. The number of amides is 5. The predicted molar refractivity (Wildman–Crippen MR) is 187 cm³/mol. The lowest BCUT2D eigenvalue weighted by atomic mass is 9.79. The first kappa shape index (κ1) is 32.4. The van der Waals surface area contributed by atoms with Crippen LogP contribution in [0.25, 0.3) is 10.9 Å². The molecule has 0 saturated carbocycles. The molecule has 2 aromatic carbocycles. The second-order valence-electron chi connectivity index (χ2n) is 14.1. The first-order chi connectivity index (χ1) is 23.5. The van der Waals surface area contributed by atoms with Crippen molar-refractivity contribution in [2.45, 2.75) is 76.8 Å². The van der Waals surface area contributed by atoms with Crippen molar-refractivity contribution in [1.29, 1.82) is 0 Å². The van der Waals surface area contributed by atoms with Crippen LogP contribution >= 0.6 is 0 Å². The molecule has 1 atom stereocenters. The first-order valence-electron chi connectivity index (χ1n) is 18.1. The second-order valence-corrected chi connectivity index (χ2v) is 14.1. The van der Waals surface area contributed by atoms with E-state index in [0.29, 0.717) is 44.8 Å². The average molecular weight is 655 g/mol. The van der Waals surface area contributed by atoms with Crippen LogP contribution in [-0.2, 0) is 24.1 Å². The number of nitrogens with zero attached hydrogens (tertiary/aromatic N) is 4. The van der Waals surface area contributed by atoms with E-state index in [1.54, 1.807) is 0 Å². The average Bonchev–Trinajstić information content (AvgIpc) is 3.54. The van der Waals surface area contributed by atoms with Crippen LogP contribution < -0.4 is 16.0 Å². The van der Waals surface area contributed by atoms with Crippen LogP contribution in [0.15, 0.2) is 42.6 Å². The summed E-state index contributed by atoms with van der Waals surface area (Å²) in [6.45, 7) is 7.53. The lowest BCUT2D eigenvalue weighted by Crippen LogP contribution is -2.57. The van der Waals surface area contributed by atoms with Crippen LogP contribution in [0.3, 0.4) is 0 Å². The molecular formula is C37H50N8O3. The summed E-state index contributed by atoms with van der Waals surface area (Å²) < 4.78 is 0. The normalized spacial score (nSPS) is 20.7. The summed E-state index contributed by atoms with van der Waals surface area (Å²) in [7, 11) is 0. The van der Waals surface area contributed by atoms with Crippen molar-refractivity contribution < 1.29 is 14.4 Å². The summed E-state index contributed by atoms with van der Waals surface area (Å²) in [6.07, 6.45) is 9.82. The zero-order chi connectivity index (χ0) is 33.0. The third kappa shape index (κ3) is 7.02. The van der Waals surface area contributed by atoms with Gasteiger partial charge in [0.05, 0.1) is 11.7 Å². The quantitative estimate of drug-likeness (QED) is 0.298. The molecule has 3 fully saturated rings. The number of hydrogen-bond acceptors (Lipinski definition) is 5. The van der Waals surface area contributed by atoms with Crippen LogP contribution in [0.2, 0.25) is 0 Å². The molecular weight excluding hydrogens is 604 g/mol. The van der Waals surface area contributed by atoms with Gasteiger partial charge < -0.3 is 30.7 Å². The molecule has 11 nitrogen and oxygen atoms in total. The number of urea groups is 2. The Morgan fingerprint density at radius 1 is 0.938 bits per heavy atom. The summed E-state index contributed by atoms with van der Waals surface area (Å²) >= 11 is 0. The Morgan fingerprint density at radius 3 is 2.44 bits per heavy atom. The molecule has 7 rings (SSSR count). The number of rotatable bonds is 7. The number of nitrogens with one attached hydrogen (secondary N) is 4. The number of benzene rings is 2. The molecule has 4 N–H and O–H groups in total. The first-order valence-corrected chi connectivity index (χ1v) is 18.1. The molecule has 0 radical (unpaired) electrons. The number of likely N-dealkylation sites (tertiary alicyclic amines) is 2. The van der Waals surface area contributed by atoms with Crippen LogP contribution in [0.5, 0.6) is 0 Å². The monoisotopic (exact) mass is 654 g/mol. The van der Waals surface area contributed by atoms with Crippen LogP contribution in [0.1, 0.15) is 62.1 Å². The fourth-order valence-corrected chi connectivity index (χ4v) is 8.52. The highest BCUT2D eigenvalue weighted by molar-refractivity contribution is 5.91. The molecule has 5 heterocycles. The highest BCUT2D eigenvalue weighted by Crippen LogP contribution is 2.31. The molecule has 11 heteroatoms. The number of aromatic amines is 1. The SMILES string of the molecule is CCc1cc(CC(NC(=O)N2CCC(N3CCc4ccccc4NC3=O)CC2)C(=O)N2CCC(C3CCNCC3)CC2)cc2cn[nH]c12. The van der Waals surface area contributed by atoms with Gasteiger partial charge in [0.2, 0.25) is 5.91 Å². The maximum absolute atomic E-state index is 14.2. The third-order valence-corrected chi connectivity index (χ3v) is 11.3. The van der Waals surface area contributed by atoms with Gasteiger partial charge in [0.1, 0.15) is 6.04 Å². The number of aromatic nitrogens is 2. The molecule has 4 aliphatic rings. The molecule has 3 saturated heterocycles.